The zero-order valence-corrected chi connectivity index (χ0v) is 11.5. The molecule has 1 unspecified atom stereocenters. The van der Waals surface area contributed by atoms with E-state index in [9.17, 15) is 9.59 Å². The number of carbonyl (C=O) groups excluding carboxylic acids is 1. The third-order valence-electron chi connectivity index (χ3n) is 3.45. The lowest BCUT2D eigenvalue weighted by molar-refractivity contribution is -0.137. The lowest BCUT2D eigenvalue weighted by atomic mass is 10.1. The van der Waals surface area contributed by atoms with Gasteiger partial charge >= 0.3 is 12.0 Å². The minimum Gasteiger partial charge on any atom is -0.481 e. The molecule has 0 spiro atoms. The van der Waals surface area contributed by atoms with Crippen LogP contribution in [-0.4, -0.2) is 41.1 Å². The number of nitrogens with zero attached hydrogens (tertiary/aromatic N) is 1. The quantitative estimate of drug-likeness (QED) is 0.731. The first-order valence-electron chi connectivity index (χ1n) is 6.68. The first kappa shape index (κ1) is 14.8. The molecule has 5 heteroatoms. The molecule has 1 atom stereocenters. The monoisotopic (exact) mass is 256 g/mol. The van der Waals surface area contributed by atoms with Gasteiger partial charge in [-0.15, -0.1) is 0 Å². The summed E-state index contributed by atoms with van der Waals surface area (Å²) in [5.41, 5.74) is 0. The van der Waals surface area contributed by atoms with Crippen molar-refractivity contribution < 1.29 is 14.7 Å². The van der Waals surface area contributed by atoms with E-state index in [0.29, 0.717) is 12.5 Å². The fourth-order valence-electron chi connectivity index (χ4n) is 1.99. The molecule has 104 valence electrons. The third kappa shape index (κ3) is 4.94. The van der Waals surface area contributed by atoms with E-state index in [1.165, 1.54) is 12.8 Å². The normalized spacial score (nSPS) is 16.4. The molecule has 2 N–H and O–H groups in total. The fourth-order valence-corrected chi connectivity index (χ4v) is 1.99. The molecule has 1 aliphatic carbocycles. The zero-order chi connectivity index (χ0) is 13.7. The molecule has 0 heterocycles. The van der Waals surface area contributed by atoms with Crippen LogP contribution < -0.4 is 5.32 Å². The van der Waals surface area contributed by atoms with E-state index in [2.05, 4.69) is 12.2 Å². The van der Waals surface area contributed by atoms with Crippen molar-refractivity contribution in [2.75, 3.05) is 13.1 Å². The Kier molecular flexibility index (Phi) is 5.44. The van der Waals surface area contributed by atoms with E-state index in [0.717, 1.165) is 5.92 Å². The van der Waals surface area contributed by atoms with Crippen molar-refractivity contribution >= 4 is 12.0 Å². The van der Waals surface area contributed by atoms with E-state index < -0.39 is 5.97 Å². The molecule has 0 radical (unpaired) electrons. The molecule has 0 saturated heterocycles. The van der Waals surface area contributed by atoms with Crippen LogP contribution in [-0.2, 0) is 4.79 Å². The minimum atomic E-state index is -0.875. The minimum absolute atomic E-state index is 0.0101. The van der Waals surface area contributed by atoms with Crippen molar-refractivity contribution in [1.82, 2.24) is 10.2 Å². The Morgan fingerprint density at radius 2 is 1.94 bits per heavy atom. The van der Waals surface area contributed by atoms with Crippen molar-refractivity contribution in [3.05, 3.63) is 0 Å². The van der Waals surface area contributed by atoms with Crippen LogP contribution in [0.4, 0.5) is 4.79 Å². The van der Waals surface area contributed by atoms with Gasteiger partial charge in [-0.05, 0) is 38.5 Å². The number of carbonyl (C=O) groups is 2. The van der Waals surface area contributed by atoms with Gasteiger partial charge < -0.3 is 15.3 Å². The lowest BCUT2D eigenvalue weighted by Gasteiger charge is -2.27. The molecule has 0 aromatic rings. The number of carboxylic acid groups (broad SMARTS) is 1. The molecule has 0 bridgehead atoms. The van der Waals surface area contributed by atoms with E-state index in [4.69, 9.17) is 5.11 Å². The molecule has 1 fully saturated rings. The first-order valence-corrected chi connectivity index (χ1v) is 6.68. The molecule has 2 amide bonds. The molecule has 5 nitrogen and oxygen atoms in total. The summed E-state index contributed by atoms with van der Waals surface area (Å²) < 4.78 is 0. The van der Waals surface area contributed by atoms with Crippen molar-refractivity contribution in [3.63, 3.8) is 0 Å². The van der Waals surface area contributed by atoms with Crippen LogP contribution >= 0.6 is 0 Å². The van der Waals surface area contributed by atoms with E-state index in [1.807, 2.05) is 13.8 Å². The van der Waals surface area contributed by atoms with Crippen molar-refractivity contribution in [2.45, 2.75) is 46.1 Å². The second kappa shape index (κ2) is 6.61. The van der Waals surface area contributed by atoms with E-state index in [1.54, 1.807) is 4.90 Å². The Bertz CT molecular complexity index is 301. The summed E-state index contributed by atoms with van der Waals surface area (Å²) >= 11 is 0. The van der Waals surface area contributed by atoms with Crippen LogP contribution in [0.3, 0.4) is 0 Å². The maximum absolute atomic E-state index is 12.0. The number of nitrogens with one attached hydrogen (secondary N) is 1. The Balaban J connectivity index is 2.35. The summed E-state index contributed by atoms with van der Waals surface area (Å²) in [5, 5.41) is 11.6. The largest absolute Gasteiger partial charge is 0.481 e. The highest BCUT2D eigenvalue weighted by Crippen LogP contribution is 2.36. The Morgan fingerprint density at radius 3 is 2.39 bits per heavy atom. The highest BCUT2D eigenvalue weighted by atomic mass is 16.4. The van der Waals surface area contributed by atoms with Gasteiger partial charge in [0.1, 0.15) is 0 Å². The summed E-state index contributed by atoms with van der Waals surface area (Å²) in [6.45, 7) is 6.88. The molecule has 0 aromatic carbocycles. The number of amides is 2. The van der Waals surface area contributed by atoms with Crippen LogP contribution in [0, 0.1) is 11.8 Å². The summed E-state index contributed by atoms with van der Waals surface area (Å²) in [6.07, 6.45) is 2.53. The van der Waals surface area contributed by atoms with Gasteiger partial charge in [-0.1, -0.05) is 6.92 Å². The van der Waals surface area contributed by atoms with Crippen LogP contribution in [0.25, 0.3) is 0 Å². The molecule has 1 rings (SSSR count). The van der Waals surface area contributed by atoms with Crippen molar-refractivity contribution in [1.29, 1.82) is 0 Å². The summed E-state index contributed by atoms with van der Waals surface area (Å²) in [4.78, 5) is 24.1. The Morgan fingerprint density at radius 1 is 1.33 bits per heavy atom. The molecule has 0 aromatic heterocycles. The van der Waals surface area contributed by atoms with Gasteiger partial charge in [0.15, 0.2) is 0 Å². The third-order valence-corrected chi connectivity index (χ3v) is 3.45. The van der Waals surface area contributed by atoms with Gasteiger partial charge in [-0.2, -0.15) is 0 Å². The van der Waals surface area contributed by atoms with Gasteiger partial charge in [0.2, 0.25) is 0 Å². The topological polar surface area (TPSA) is 69.6 Å². The lowest BCUT2D eigenvalue weighted by Crippen LogP contribution is -2.46. The van der Waals surface area contributed by atoms with Gasteiger partial charge in [0.25, 0.3) is 0 Å². The first-order chi connectivity index (χ1) is 8.41. The number of carboxylic acids is 1. The van der Waals surface area contributed by atoms with Crippen LogP contribution in [0.15, 0.2) is 0 Å². The second-order valence-electron chi connectivity index (χ2n) is 5.43. The number of hydrogen-bond acceptors (Lipinski definition) is 2. The number of hydrogen-bond donors (Lipinski definition) is 2. The Labute approximate surface area is 109 Å². The predicted molar refractivity (Wildman–Crippen MR) is 69.4 cm³/mol. The maximum atomic E-state index is 12.0. The number of rotatable bonds is 7. The highest BCUT2D eigenvalue weighted by molar-refractivity contribution is 5.75. The molecule has 1 aliphatic rings. The second-order valence-corrected chi connectivity index (χ2v) is 5.43. The predicted octanol–water partition coefficient (Wildman–Crippen LogP) is 1.93. The fraction of sp³-hybridized carbons (Fsp3) is 0.846. The van der Waals surface area contributed by atoms with Crippen LogP contribution in [0.2, 0.25) is 0 Å². The van der Waals surface area contributed by atoms with Gasteiger partial charge in [0, 0.05) is 19.1 Å². The van der Waals surface area contributed by atoms with Crippen LogP contribution in [0.5, 0.6) is 0 Å². The SMILES string of the molecule is CC(CNC(=O)N(CCC(=O)O)C(C)C)C1CC1. The summed E-state index contributed by atoms with van der Waals surface area (Å²) in [6, 6.07) is -0.140. The van der Waals surface area contributed by atoms with Gasteiger partial charge in [-0.25, -0.2) is 4.79 Å². The molecular weight excluding hydrogens is 232 g/mol. The van der Waals surface area contributed by atoms with E-state index >= 15 is 0 Å². The molecular formula is C13H24N2O3. The van der Waals surface area contributed by atoms with Crippen molar-refractivity contribution in [2.24, 2.45) is 11.8 Å². The molecule has 18 heavy (non-hydrogen) atoms. The number of urea groups is 1. The van der Waals surface area contributed by atoms with Crippen molar-refractivity contribution in [3.8, 4) is 0 Å². The average Bonchev–Trinajstić information content (AvgIpc) is 3.08. The zero-order valence-electron chi connectivity index (χ0n) is 11.5. The molecule has 1 saturated carbocycles. The van der Waals surface area contributed by atoms with E-state index in [-0.39, 0.29) is 25.0 Å². The summed E-state index contributed by atoms with van der Waals surface area (Å²) in [7, 11) is 0. The molecule has 0 aliphatic heterocycles. The Hall–Kier alpha value is -1.26. The number of aliphatic carboxylic acids is 1. The van der Waals surface area contributed by atoms with Gasteiger partial charge in [0.05, 0.1) is 6.42 Å². The standard InChI is InChI=1S/C13H24N2O3/c1-9(2)15(7-6-12(16)17)13(18)14-8-10(3)11-4-5-11/h9-11H,4-8H2,1-3H3,(H,14,18)(H,16,17). The van der Waals surface area contributed by atoms with Gasteiger partial charge in [-0.3, -0.25) is 4.79 Å². The van der Waals surface area contributed by atoms with Crippen LogP contribution in [0.1, 0.15) is 40.0 Å². The smallest absolute Gasteiger partial charge is 0.317 e. The average molecular weight is 256 g/mol. The highest BCUT2D eigenvalue weighted by Gasteiger charge is 2.28. The maximum Gasteiger partial charge on any atom is 0.317 e. The summed E-state index contributed by atoms with van der Waals surface area (Å²) in [5.74, 6) is 0.402.